The number of aromatic amines is 1. The van der Waals surface area contributed by atoms with Gasteiger partial charge in [-0.3, -0.25) is 0 Å². The Bertz CT molecular complexity index is 777. The van der Waals surface area contributed by atoms with Gasteiger partial charge in [-0.1, -0.05) is 18.2 Å². The molecule has 1 N–H and O–H groups in total. The number of likely N-dealkylation sites (N-methyl/N-ethyl adjacent to an activating group) is 1. The standard InChI is InChI=1S/C18H21N3O/c1-13-8-9-15-16(12-13)20-18(19-15)14-6-4-5-7-17(14)22-11-10-21(2)3/h4-9,12H,10-11H2,1-3H3,(H,19,20). The van der Waals surface area contributed by atoms with Gasteiger partial charge in [0.2, 0.25) is 0 Å². The van der Waals surface area contributed by atoms with Crippen LogP contribution in [0.1, 0.15) is 5.56 Å². The summed E-state index contributed by atoms with van der Waals surface area (Å²) < 4.78 is 5.92. The van der Waals surface area contributed by atoms with Crippen molar-refractivity contribution in [2.45, 2.75) is 6.92 Å². The van der Waals surface area contributed by atoms with E-state index in [2.05, 4.69) is 33.9 Å². The third-order valence-electron chi connectivity index (χ3n) is 3.58. The molecule has 0 saturated heterocycles. The molecule has 0 aliphatic carbocycles. The molecule has 3 rings (SSSR count). The monoisotopic (exact) mass is 295 g/mol. The van der Waals surface area contributed by atoms with E-state index in [1.54, 1.807) is 0 Å². The van der Waals surface area contributed by atoms with Crippen LogP contribution in [0.5, 0.6) is 5.75 Å². The molecule has 4 nitrogen and oxygen atoms in total. The second kappa shape index (κ2) is 6.20. The van der Waals surface area contributed by atoms with Gasteiger partial charge in [0, 0.05) is 6.54 Å². The molecule has 0 bridgehead atoms. The Hall–Kier alpha value is -2.33. The molecule has 2 aromatic carbocycles. The highest BCUT2D eigenvalue weighted by Gasteiger charge is 2.10. The summed E-state index contributed by atoms with van der Waals surface area (Å²) in [7, 11) is 4.08. The molecule has 4 heteroatoms. The van der Waals surface area contributed by atoms with E-state index in [-0.39, 0.29) is 0 Å². The van der Waals surface area contributed by atoms with Crippen molar-refractivity contribution >= 4 is 11.0 Å². The molecule has 1 heterocycles. The maximum absolute atomic E-state index is 5.92. The molecule has 0 spiro atoms. The van der Waals surface area contributed by atoms with Crippen molar-refractivity contribution in [1.29, 1.82) is 0 Å². The fourth-order valence-electron chi connectivity index (χ4n) is 2.38. The van der Waals surface area contributed by atoms with E-state index in [1.165, 1.54) is 5.56 Å². The Morgan fingerprint density at radius 2 is 1.95 bits per heavy atom. The maximum Gasteiger partial charge on any atom is 0.142 e. The highest BCUT2D eigenvalue weighted by Crippen LogP contribution is 2.29. The minimum Gasteiger partial charge on any atom is -0.491 e. The summed E-state index contributed by atoms with van der Waals surface area (Å²) in [6.07, 6.45) is 0. The Morgan fingerprint density at radius 3 is 2.77 bits per heavy atom. The second-order valence-corrected chi connectivity index (χ2v) is 5.75. The summed E-state index contributed by atoms with van der Waals surface area (Å²) in [4.78, 5) is 10.2. The lowest BCUT2D eigenvalue weighted by Crippen LogP contribution is -2.19. The highest BCUT2D eigenvalue weighted by molar-refractivity contribution is 5.81. The number of rotatable bonds is 5. The second-order valence-electron chi connectivity index (χ2n) is 5.75. The van der Waals surface area contributed by atoms with Gasteiger partial charge in [-0.25, -0.2) is 4.98 Å². The van der Waals surface area contributed by atoms with E-state index in [1.807, 2.05) is 44.4 Å². The number of fused-ring (bicyclic) bond motifs is 1. The quantitative estimate of drug-likeness (QED) is 0.783. The van der Waals surface area contributed by atoms with Crippen molar-refractivity contribution in [3.8, 4) is 17.1 Å². The first kappa shape index (κ1) is 14.6. The summed E-state index contributed by atoms with van der Waals surface area (Å²) >= 11 is 0. The van der Waals surface area contributed by atoms with Crippen LogP contribution in [0.25, 0.3) is 22.4 Å². The van der Waals surface area contributed by atoms with Gasteiger partial charge in [0.25, 0.3) is 0 Å². The molecular weight excluding hydrogens is 274 g/mol. The number of para-hydroxylation sites is 1. The van der Waals surface area contributed by atoms with Gasteiger partial charge >= 0.3 is 0 Å². The van der Waals surface area contributed by atoms with E-state index in [9.17, 15) is 0 Å². The van der Waals surface area contributed by atoms with Crippen molar-refractivity contribution < 1.29 is 4.74 Å². The first-order valence-electron chi connectivity index (χ1n) is 7.47. The molecule has 3 aromatic rings. The molecule has 0 radical (unpaired) electrons. The van der Waals surface area contributed by atoms with Gasteiger partial charge in [-0.05, 0) is 50.8 Å². The minimum absolute atomic E-state index is 0.656. The Balaban J connectivity index is 1.92. The van der Waals surface area contributed by atoms with Crippen molar-refractivity contribution in [3.05, 3.63) is 48.0 Å². The van der Waals surface area contributed by atoms with Crippen molar-refractivity contribution in [2.75, 3.05) is 27.2 Å². The number of nitrogens with one attached hydrogen (secondary N) is 1. The SMILES string of the molecule is Cc1ccc2nc(-c3ccccc3OCCN(C)C)[nH]c2c1. The number of aromatic nitrogens is 2. The first-order valence-corrected chi connectivity index (χ1v) is 7.47. The van der Waals surface area contributed by atoms with Crippen LogP contribution in [0.15, 0.2) is 42.5 Å². The van der Waals surface area contributed by atoms with Gasteiger partial charge in [-0.15, -0.1) is 0 Å². The van der Waals surface area contributed by atoms with Gasteiger partial charge in [0.15, 0.2) is 0 Å². The molecule has 0 saturated carbocycles. The largest absolute Gasteiger partial charge is 0.491 e. The number of hydrogen-bond donors (Lipinski definition) is 1. The van der Waals surface area contributed by atoms with Gasteiger partial charge in [0.1, 0.15) is 18.2 Å². The summed E-state index contributed by atoms with van der Waals surface area (Å²) in [5.74, 6) is 1.71. The van der Waals surface area contributed by atoms with Crippen LogP contribution in [-0.2, 0) is 0 Å². The normalized spacial score (nSPS) is 11.3. The van der Waals surface area contributed by atoms with E-state index < -0.39 is 0 Å². The molecule has 22 heavy (non-hydrogen) atoms. The molecule has 0 atom stereocenters. The number of nitrogens with zero attached hydrogens (tertiary/aromatic N) is 2. The van der Waals surface area contributed by atoms with Gasteiger partial charge in [0.05, 0.1) is 16.6 Å². The molecule has 0 fully saturated rings. The summed E-state index contributed by atoms with van der Waals surface area (Å²) in [6.45, 7) is 3.62. The number of hydrogen-bond acceptors (Lipinski definition) is 3. The van der Waals surface area contributed by atoms with E-state index >= 15 is 0 Å². The third kappa shape index (κ3) is 3.12. The lowest BCUT2D eigenvalue weighted by Gasteiger charge is -2.13. The number of H-pyrrole nitrogens is 1. The smallest absolute Gasteiger partial charge is 0.142 e. The van der Waals surface area contributed by atoms with E-state index in [4.69, 9.17) is 4.74 Å². The zero-order valence-electron chi connectivity index (χ0n) is 13.3. The maximum atomic E-state index is 5.92. The average Bonchev–Trinajstić information content (AvgIpc) is 2.90. The number of imidazole rings is 1. The summed E-state index contributed by atoms with van der Waals surface area (Å²) in [5, 5.41) is 0. The number of aryl methyl sites for hydroxylation is 1. The Kier molecular flexibility index (Phi) is 4.11. The number of ether oxygens (including phenoxy) is 1. The van der Waals surface area contributed by atoms with Crippen LogP contribution in [0.2, 0.25) is 0 Å². The first-order chi connectivity index (χ1) is 10.6. The molecule has 1 aromatic heterocycles. The van der Waals surface area contributed by atoms with Crippen LogP contribution in [0.4, 0.5) is 0 Å². The predicted molar refractivity (Wildman–Crippen MR) is 90.3 cm³/mol. The topological polar surface area (TPSA) is 41.1 Å². The number of benzene rings is 2. The van der Waals surface area contributed by atoms with E-state index in [0.717, 1.165) is 34.7 Å². The van der Waals surface area contributed by atoms with Gasteiger partial charge < -0.3 is 14.6 Å². The summed E-state index contributed by atoms with van der Waals surface area (Å²) in [6, 6.07) is 14.3. The lowest BCUT2D eigenvalue weighted by atomic mass is 10.2. The van der Waals surface area contributed by atoms with E-state index in [0.29, 0.717) is 6.61 Å². The van der Waals surface area contributed by atoms with Crippen LogP contribution in [0, 0.1) is 6.92 Å². The van der Waals surface area contributed by atoms with Crippen molar-refractivity contribution in [1.82, 2.24) is 14.9 Å². The van der Waals surface area contributed by atoms with Crippen LogP contribution in [-0.4, -0.2) is 42.1 Å². The zero-order valence-corrected chi connectivity index (χ0v) is 13.3. The zero-order chi connectivity index (χ0) is 15.5. The summed E-state index contributed by atoms with van der Waals surface area (Å²) in [5.41, 5.74) is 4.25. The van der Waals surface area contributed by atoms with Crippen molar-refractivity contribution in [2.24, 2.45) is 0 Å². The third-order valence-corrected chi connectivity index (χ3v) is 3.58. The lowest BCUT2D eigenvalue weighted by molar-refractivity contribution is 0.262. The molecule has 0 unspecified atom stereocenters. The minimum atomic E-state index is 0.656. The van der Waals surface area contributed by atoms with Crippen LogP contribution >= 0.6 is 0 Å². The molecule has 0 amide bonds. The average molecular weight is 295 g/mol. The fraction of sp³-hybridized carbons (Fsp3) is 0.278. The Morgan fingerprint density at radius 1 is 1.14 bits per heavy atom. The van der Waals surface area contributed by atoms with Crippen LogP contribution in [0.3, 0.4) is 0 Å². The predicted octanol–water partition coefficient (Wildman–Crippen LogP) is 3.48. The molecule has 0 aliphatic heterocycles. The van der Waals surface area contributed by atoms with Crippen molar-refractivity contribution in [3.63, 3.8) is 0 Å². The highest BCUT2D eigenvalue weighted by atomic mass is 16.5. The van der Waals surface area contributed by atoms with Gasteiger partial charge in [-0.2, -0.15) is 0 Å². The molecule has 0 aliphatic rings. The molecule has 114 valence electrons. The fourth-order valence-corrected chi connectivity index (χ4v) is 2.38. The Labute approximate surface area is 130 Å². The van der Waals surface area contributed by atoms with Crippen LogP contribution < -0.4 is 4.74 Å². The molecular formula is C18H21N3O.